The number of fused-ring (bicyclic) bond motifs is 1. The van der Waals surface area contributed by atoms with Crippen LogP contribution in [0.3, 0.4) is 0 Å². The van der Waals surface area contributed by atoms with Crippen LogP contribution in [0, 0.1) is 5.92 Å². The van der Waals surface area contributed by atoms with E-state index in [0.29, 0.717) is 32.1 Å². The second-order valence-corrected chi connectivity index (χ2v) is 9.02. The zero-order chi connectivity index (χ0) is 19.8. The Morgan fingerprint density at radius 3 is 2.04 bits per heavy atom. The molecule has 2 aliphatic rings. The smallest absolute Gasteiger partial charge is 0.249 e. The summed E-state index contributed by atoms with van der Waals surface area (Å²) in [6, 6.07) is 6.46. The quantitative estimate of drug-likeness (QED) is 0.773. The SMILES string of the molecule is CCN(CC)C1=C(S(=O)(=O)N2CCC(C)CC2)C(=O)c2ccccc2C1=O. The van der Waals surface area contributed by atoms with Crippen LogP contribution in [-0.2, 0) is 10.0 Å². The van der Waals surface area contributed by atoms with Crippen molar-refractivity contribution in [3.8, 4) is 0 Å². The molecule has 0 N–H and O–H groups in total. The van der Waals surface area contributed by atoms with Gasteiger partial charge in [-0.15, -0.1) is 0 Å². The molecular formula is C20H26N2O4S. The third-order valence-corrected chi connectivity index (χ3v) is 7.41. The topological polar surface area (TPSA) is 74.8 Å². The number of benzene rings is 1. The number of hydrogen-bond acceptors (Lipinski definition) is 5. The highest BCUT2D eigenvalue weighted by Gasteiger charge is 2.43. The van der Waals surface area contributed by atoms with E-state index in [1.54, 1.807) is 23.1 Å². The third-order valence-electron chi connectivity index (χ3n) is 5.47. The summed E-state index contributed by atoms with van der Waals surface area (Å²) < 4.78 is 28.2. The van der Waals surface area contributed by atoms with Crippen molar-refractivity contribution >= 4 is 21.6 Å². The van der Waals surface area contributed by atoms with Crippen LogP contribution in [-0.4, -0.2) is 55.4 Å². The number of carbonyl (C=O) groups is 2. The molecule has 27 heavy (non-hydrogen) atoms. The zero-order valence-electron chi connectivity index (χ0n) is 16.1. The van der Waals surface area contributed by atoms with E-state index in [1.165, 1.54) is 10.4 Å². The summed E-state index contributed by atoms with van der Waals surface area (Å²) in [5, 5.41) is 0. The molecule has 1 aliphatic carbocycles. The fourth-order valence-electron chi connectivity index (χ4n) is 3.76. The number of ketones is 2. The van der Waals surface area contributed by atoms with E-state index in [4.69, 9.17) is 0 Å². The van der Waals surface area contributed by atoms with Crippen molar-refractivity contribution in [3.05, 3.63) is 46.0 Å². The first-order chi connectivity index (χ1) is 12.8. The van der Waals surface area contributed by atoms with E-state index in [0.717, 1.165) is 12.8 Å². The summed E-state index contributed by atoms with van der Waals surface area (Å²) in [4.78, 5) is 27.7. The number of rotatable bonds is 5. The maximum Gasteiger partial charge on any atom is 0.249 e. The Kier molecular flexibility index (Phi) is 5.53. The van der Waals surface area contributed by atoms with Gasteiger partial charge in [-0.3, -0.25) is 9.59 Å². The van der Waals surface area contributed by atoms with Crippen molar-refractivity contribution < 1.29 is 18.0 Å². The van der Waals surface area contributed by atoms with Gasteiger partial charge in [0.05, 0.1) is 0 Å². The highest BCUT2D eigenvalue weighted by atomic mass is 32.2. The van der Waals surface area contributed by atoms with Gasteiger partial charge in [0.15, 0.2) is 4.91 Å². The minimum Gasteiger partial charge on any atom is -0.368 e. The molecule has 1 heterocycles. The number of Topliss-reactive ketones (excluding diaryl/α,β-unsaturated/α-hetero) is 2. The molecule has 0 atom stereocenters. The van der Waals surface area contributed by atoms with Gasteiger partial charge in [-0.25, -0.2) is 8.42 Å². The van der Waals surface area contributed by atoms with Crippen molar-refractivity contribution in [2.75, 3.05) is 26.2 Å². The van der Waals surface area contributed by atoms with Gasteiger partial charge in [0.1, 0.15) is 5.70 Å². The maximum absolute atomic E-state index is 13.4. The number of carbonyl (C=O) groups excluding carboxylic acids is 2. The Morgan fingerprint density at radius 1 is 1.00 bits per heavy atom. The van der Waals surface area contributed by atoms with Gasteiger partial charge in [-0.2, -0.15) is 4.31 Å². The second kappa shape index (κ2) is 7.56. The number of nitrogens with zero attached hydrogens (tertiary/aromatic N) is 2. The molecule has 0 amide bonds. The van der Waals surface area contributed by atoms with Crippen LogP contribution in [0.4, 0.5) is 0 Å². The van der Waals surface area contributed by atoms with Crippen molar-refractivity contribution in [2.24, 2.45) is 5.92 Å². The lowest BCUT2D eigenvalue weighted by Crippen LogP contribution is -2.44. The minimum absolute atomic E-state index is 0.0160. The largest absolute Gasteiger partial charge is 0.368 e. The first-order valence-electron chi connectivity index (χ1n) is 9.50. The zero-order valence-corrected chi connectivity index (χ0v) is 16.9. The van der Waals surface area contributed by atoms with E-state index in [9.17, 15) is 18.0 Å². The summed E-state index contributed by atoms with van der Waals surface area (Å²) in [6.45, 7) is 7.44. The van der Waals surface area contributed by atoms with E-state index in [2.05, 4.69) is 6.92 Å². The molecule has 6 nitrogen and oxygen atoms in total. The van der Waals surface area contributed by atoms with Crippen LogP contribution < -0.4 is 0 Å². The van der Waals surface area contributed by atoms with Gasteiger partial charge in [-0.05, 0) is 32.6 Å². The third kappa shape index (κ3) is 3.34. The van der Waals surface area contributed by atoms with Crippen molar-refractivity contribution in [2.45, 2.75) is 33.6 Å². The van der Waals surface area contributed by atoms with Crippen LogP contribution in [0.5, 0.6) is 0 Å². The highest BCUT2D eigenvalue weighted by Crippen LogP contribution is 2.34. The summed E-state index contributed by atoms with van der Waals surface area (Å²) >= 11 is 0. The lowest BCUT2D eigenvalue weighted by atomic mass is 9.92. The Hall–Kier alpha value is -1.99. The lowest BCUT2D eigenvalue weighted by molar-refractivity contribution is 0.0948. The average molecular weight is 391 g/mol. The maximum atomic E-state index is 13.4. The molecule has 1 aliphatic heterocycles. The molecule has 0 spiro atoms. The fourth-order valence-corrected chi connectivity index (χ4v) is 5.52. The molecule has 0 bridgehead atoms. The van der Waals surface area contributed by atoms with Gasteiger partial charge in [-0.1, -0.05) is 31.2 Å². The Labute approximate surface area is 160 Å². The van der Waals surface area contributed by atoms with Gasteiger partial charge in [0.2, 0.25) is 21.6 Å². The van der Waals surface area contributed by atoms with E-state index in [1.807, 2.05) is 13.8 Å². The van der Waals surface area contributed by atoms with Crippen LogP contribution in [0.15, 0.2) is 34.9 Å². The summed E-state index contributed by atoms with van der Waals surface area (Å²) in [5.74, 6) is -0.513. The van der Waals surface area contributed by atoms with E-state index < -0.39 is 21.6 Å². The minimum atomic E-state index is -4.05. The van der Waals surface area contributed by atoms with E-state index >= 15 is 0 Å². The summed E-state index contributed by atoms with van der Waals surface area (Å²) in [6.07, 6.45) is 1.51. The Balaban J connectivity index is 2.19. The molecule has 7 heteroatoms. The van der Waals surface area contributed by atoms with Crippen molar-refractivity contribution in [1.29, 1.82) is 0 Å². The van der Waals surface area contributed by atoms with Crippen LogP contribution >= 0.6 is 0 Å². The number of likely N-dealkylation sites (N-methyl/N-ethyl adjacent to an activating group) is 1. The number of piperidine rings is 1. The standard InChI is InChI=1S/C20H26N2O4S/c1-4-21(5-2)17-18(23)15-8-6-7-9-16(15)19(24)20(17)27(25,26)22-12-10-14(3)11-13-22/h6-9,14H,4-5,10-13H2,1-3H3. The molecule has 0 saturated carbocycles. The summed E-state index contributed by atoms with van der Waals surface area (Å²) in [5.41, 5.74) is 0.459. The number of sulfonamides is 1. The molecule has 0 radical (unpaired) electrons. The summed E-state index contributed by atoms with van der Waals surface area (Å²) in [7, 11) is -4.05. The molecule has 3 rings (SSSR count). The molecular weight excluding hydrogens is 364 g/mol. The molecule has 1 aromatic carbocycles. The molecule has 1 saturated heterocycles. The number of allylic oxidation sites excluding steroid dienone is 2. The predicted octanol–water partition coefficient (Wildman–Crippen LogP) is 2.68. The molecule has 0 unspecified atom stereocenters. The van der Waals surface area contributed by atoms with Gasteiger partial charge >= 0.3 is 0 Å². The highest BCUT2D eigenvalue weighted by molar-refractivity contribution is 7.94. The molecule has 146 valence electrons. The van der Waals surface area contributed by atoms with Gasteiger partial charge in [0, 0.05) is 37.3 Å². The second-order valence-electron chi connectivity index (χ2n) is 7.14. The van der Waals surface area contributed by atoms with E-state index in [-0.39, 0.29) is 21.7 Å². The average Bonchev–Trinajstić information content (AvgIpc) is 2.66. The lowest BCUT2D eigenvalue weighted by Gasteiger charge is -2.34. The Morgan fingerprint density at radius 2 is 1.52 bits per heavy atom. The fraction of sp³-hybridized carbons (Fsp3) is 0.500. The van der Waals surface area contributed by atoms with Crippen LogP contribution in [0.1, 0.15) is 54.3 Å². The van der Waals surface area contributed by atoms with Gasteiger partial charge < -0.3 is 4.90 Å². The molecule has 1 fully saturated rings. The van der Waals surface area contributed by atoms with Crippen LogP contribution in [0.25, 0.3) is 0 Å². The first kappa shape index (κ1) is 19.8. The van der Waals surface area contributed by atoms with Crippen LogP contribution in [0.2, 0.25) is 0 Å². The molecule has 1 aromatic rings. The normalized spacial score (nSPS) is 19.4. The number of hydrogen-bond donors (Lipinski definition) is 0. The first-order valence-corrected chi connectivity index (χ1v) is 10.9. The monoisotopic (exact) mass is 390 g/mol. The molecule has 0 aromatic heterocycles. The van der Waals surface area contributed by atoms with Crippen molar-refractivity contribution in [1.82, 2.24) is 9.21 Å². The Bertz CT molecular complexity index is 892. The van der Waals surface area contributed by atoms with Crippen molar-refractivity contribution in [3.63, 3.8) is 0 Å². The predicted molar refractivity (Wildman–Crippen MR) is 104 cm³/mol. The van der Waals surface area contributed by atoms with Gasteiger partial charge in [0.25, 0.3) is 0 Å².